The number of aromatic hydroxyl groups is 1. The van der Waals surface area contributed by atoms with Crippen molar-refractivity contribution in [1.82, 2.24) is 19.9 Å². The van der Waals surface area contributed by atoms with Crippen LogP contribution in [-0.4, -0.2) is 75.5 Å². The molecule has 6 heterocycles. The van der Waals surface area contributed by atoms with Gasteiger partial charge in [-0.05, 0) is 85.5 Å². The summed E-state index contributed by atoms with van der Waals surface area (Å²) in [6.45, 7) is 8.88. The average molecular weight is 616 g/mol. The number of hydrogen-bond donors (Lipinski definition) is 1. The number of nitrogens with zero attached hydrogens (tertiary/aromatic N) is 5. The Bertz CT molecular complexity index is 1810. The molecule has 3 atom stereocenters. The number of ether oxygens (including phenoxy) is 2. The number of benzene rings is 2. The molecule has 0 bridgehead atoms. The number of halogens is 2. The second kappa shape index (κ2) is 10.7. The SMILES string of the molecule is CCc1c(F)ccc2cc(O)cc(-c3ncc4c(N5CCCC6(CCO6)C5)nc(OC[C@@]56CCCN5C[C@H](C)C6)nc4c3F)c12. The predicted octanol–water partition coefficient (Wildman–Crippen LogP) is 6.40. The van der Waals surface area contributed by atoms with Crippen LogP contribution >= 0.6 is 0 Å². The second-order valence-electron chi connectivity index (χ2n) is 13.7. The third-order valence-electron chi connectivity index (χ3n) is 10.7. The van der Waals surface area contributed by atoms with E-state index in [2.05, 4.69) is 26.7 Å². The van der Waals surface area contributed by atoms with Gasteiger partial charge in [0.2, 0.25) is 0 Å². The molecule has 10 heteroatoms. The van der Waals surface area contributed by atoms with Crippen LogP contribution in [0.2, 0.25) is 0 Å². The molecular formula is C35H39F2N5O3. The van der Waals surface area contributed by atoms with E-state index < -0.39 is 5.82 Å². The van der Waals surface area contributed by atoms with Crippen molar-refractivity contribution in [1.29, 1.82) is 0 Å². The zero-order chi connectivity index (χ0) is 30.9. The van der Waals surface area contributed by atoms with Crippen molar-refractivity contribution in [2.24, 2.45) is 5.92 Å². The first-order valence-electron chi connectivity index (χ1n) is 16.4. The maximum Gasteiger partial charge on any atom is 0.319 e. The van der Waals surface area contributed by atoms with E-state index in [0.29, 0.717) is 58.6 Å². The van der Waals surface area contributed by atoms with E-state index in [1.54, 1.807) is 18.3 Å². The highest BCUT2D eigenvalue weighted by atomic mass is 19.1. The van der Waals surface area contributed by atoms with Crippen molar-refractivity contribution in [3.8, 4) is 23.0 Å². The summed E-state index contributed by atoms with van der Waals surface area (Å²) in [4.78, 5) is 18.9. The molecule has 1 N–H and O–H groups in total. The topological polar surface area (TPSA) is 83.8 Å². The summed E-state index contributed by atoms with van der Waals surface area (Å²) in [5.74, 6) is 0.0996. The van der Waals surface area contributed by atoms with Crippen molar-refractivity contribution in [3.63, 3.8) is 0 Å². The molecule has 8 rings (SSSR count). The molecular weight excluding hydrogens is 576 g/mol. The lowest BCUT2D eigenvalue weighted by Crippen LogP contribution is -2.56. The van der Waals surface area contributed by atoms with Crippen LogP contribution in [0.1, 0.15) is 57.9 Å². The molecule has 2 aromatic heterocycles. The van der Waals surface area contributed by atoms with Crippen LogP contribution in [0, 0.1) is 17.6 Å². The van der Waals surface area contributed by atoms with Crippen LogP contribution in [0.25, 0.3) is 32.9 Å². The molecule has 1 spiro atoms. The molecule has 1 unspecified atom stereocenters. The first-order valence-corrected chi connectivity index (χ1v) is 16.4. The van der Waals surface area contributed by atoms with Gasteiger partial charge < -0.3 is 19.5 Å². The van der Waals surface area contributed by atoms with E-state index in [1.807, 2.05) is 6.92 Å². The number of hydrogen-bond acceptors (Lipinski definition) is 8. The normalized spacial score (nSPS) is 26.6. The van der Waals surface area contributed by atoms with Crippen molar-refractivity contribution >= 4 is 27.5 Å². The monoisotopic (exact) mass is 615 g/mol. The molecule has 45 heavy (non-hydrogen) atoms. The third kappa shape index (κ3) is 4.71. The molecule has 4 aliphatic rings. The summed E-state index contributed by atoms with van der Waals surface area (Å²) in [7, 11) is 0. The Morgan fingerprint density at radius 3 is 2.76 bits per heavy atom. The molecule has 0 aliphatic carbocycles. The quantitative estimate of drug-likeness (QED) is 0.267. The van der Waals surface area contributed by atoms with E-state index in [-0.39, 0.29) is 39.9 Å². The van der Waals surface area contributed by atoms with Gasteiger partial charge in [0.25, 0.3) is 0 Å². The number of phenols is 1. The smallest absolute Gasteiger partial charge is 0.319 e. The Kier molecular flexibility index (Phi) is 6.87. The molecule has 0 amide bonds. The Hall–Kier alpha value is -3.63. The van der Waals surface area contributed by atoms with Crippen LogP contribution in [0.3, 0.4) is 0 Å². The van der Waals surface area contributed by atoms with Gasteiger partial charge in [-0.2, -0.15) is 9.97 Å². The molecule has 2 aromatic carbocycles. The fourth-order valence-electron chi connectivity index (χ4n) is 8.56. The highest BCUT2D eigenvalue weighted by Gasteiger charge is 2.48. The maximum atomic E-state index is 16.9. The van der Waals surface area contributed by atoms with Gasteiger partial charge >= 0.3 is 6.01 Å². The van der Waals surface area contributed by atoms with Crippen molar-refractivity contribution in [2.45, 2.75) is 69.9 Å². The average Bonchev–Trinajstić information content (AvgIpc) is 3.55. The van der Waals surface area contributed by atoms with Crippen LogP contribution in [-0.2, 0) is 11.2 Å². The first-order chi connectivity index (χ1) is 21.8. The van der Waals surface area contributed by atoms with E-state index >= 15 is 4.39 Å². The largest absolute Gasteiger partial charge is 0.508 e. The van der Waals surface area contributed by atoms with Gasteiger partial charge in [0.05, 0.1) is 23.1 Å². The van der Waals surface area contributed by atoms with Crippen LogP contribution in [0.15, 0.2) is 30.5 Å². The Balaban J connectivity index is 1.27. The lowest BCUT2D eigenvalue weighted by molar-refractivity contribution is -0.151. The highest BCUT2D eigenvalue weighted by Crippen LogP contribution is 2.43. The number of aryl methyl sites for hydroxylation is 1. The van der Waals surface area contributed by atoms with Crippen molar-refractivity contribution < 1.29 is 23.4 Å². The second-order valence-corrected chi connectivity index (χ2v) is 13.7. The summed E-state index contributed by atoms with van der Waals surface area (Å²) in [5.41, 5.74) is 0.621. The molecule has 4 fully saturated rings. The molecule has 8 nitrogen and oxygen atoms in total. The number of phenolic OH excluding ortho intramolecular Hbond substituents is 1. The number of pyridine rings is 1. The van der Waals surface area contributed by atoms with Gasteiger partial charge in [-0.15, -0.1) is 0 Å². The van der Waals surface area contributed by atoms with Gasteiger partial charge in [0, 0.05) is 37.8 Å². The van der Waals surface area contributed by atoms with Crippen LogP contribution in [0.4, 0.5) is 14.6 Å². The Morgan fingerprint density at radius 1 is 1.11 bits per heavy atom. The minimum Gasteiger partial charge on any atom is -0.508 e. The number of fused-ring (bicyclic) bond motifs is 3. The van der Waals surface area contributed by atoms with E-state index in [9.17, 15) is 9.50 Å². The summed E-state index contributed by atoms with van der Waals surface area (Å²) >= 11 is 0. The minimum absolute atomic E-state index is 0.00178. The van der Waals surface area contributed by atoms with Gasteiger partial charge in [0.15, 0.2) is 5.82 Å². The number of anilines is 1. The first kappa shape index (κ1) is 28.8. The number of piperidine rings is 1. The van der Waals surface area contributed by atoms with Gasteiger partial charge in [-0.3, -0.25) is 9.88 Å². The summed E-state index contributed by atoms with van der Waals surface area (Å²) in [5, 5.41) is 12.2. The lowest BCUT2D eigenvalue weighted by Gasteiger charge is -2.48. The summed E-state index contributed by atoms with van der Waals surface area (Å²) in [6.07, 6.45) is 8.18. The Morgan fingerprint density at radius 2 is 1.96 bits per heavy atom. The summed E-state index contributed by atoms with van der Waals surface area (Å²) in [6, 6.07) is 6.14. The molecule has 4 aromatic rings. The molecule has 4 saturated heterocycles. The van der Waals surface area contributed by atoms with Crippen molar-refractivity contribution in [2.75, 3.05) is 44.3 Å². The zero-order valence-corrected chi connectivity index (χ0v) is 25.9. The van der Waals surface area contributed by atoms with E-state index in [0.717, 1.165) is 64.8 Å². The van der Waals surface area contributed by atoms with Gasteiger partial charge in [-0.1, -0.05) is 19.9 Å². The fraction of sp³-hybridized carbons (Fsp3) is 0.514. The van der Waals surface area contributed by atoms with Crippen LogP contribution < -0.4 is 9.64 Å². The molecule has 0 saturated carbocycles. The van der Waals surface area contributed by atoms with E-state index in [1.165, 1.54) is 12.1 Å². The van der Waals surface area contributed by atoms with E-state index in [4.69, 9.17) is 14.5 Å². The lowest BCUT2D eigenvalue weighted by atomic mass is 9.86. The molecule has 4 aliphatic heterocycles. The maximum absolute atomic E-state index is 16.9. The standard InChI is InChI=1S/C35H39F2N5O3/c1-3-24-27(36)7-6-22-14-23(43)15-25(28(22)24)30-29(37)31-26(17-38-30)32(41-11-5-9-35(19-41)10-13-45-35)40-33(39-31)44-20-34-8-4-12-42(34)18-21(2)16-34/h6-7,14-15,17,21,43H,3-5,8-13,16,18-20H2,1-2H3/t21-,34+,35?/m1/s1. The Labute approximate surface area is 261 Å². The fourth-order valence-corrected chi connectivity index (χ4v) is 8.56. The molecule has 236 valence electrons. The predicted molar refractivity (Wildman–Crippen MR) is 169 cm³/mol. The van der Waals surface area contributed by atoms with Gasteiger partial charge in [0.1, 0.15) is 35.2 Å². The molecule has 0 radical (unpaired) electrons. The number of rotatable bonds is 6. The van der Waals surface area contributed by atoms with Gasteiger partial charge in [-0.25, -0.2) is 8.78 Å². The zero-order valence-electron chi connectivity index (χ0n) is 25.9. The third-order valence-corrected chi connectivity index (χ3v) is 10.7. The highest BCUT2D eigenvalue weighted by molar-refractivity contribution is 6.01. The number of aromatic nitrogens is 3. The minimum atomic E-state index is -0.652. The van der Waals surface area contributed by atoms with Crippen LogP contribution in [0.5, 0.6) is 11.8 Å². The van der Waals surface area contributed by atoms with Crippen molar-refractivity contribution in [3.05, 3.63) is 47.7 Å². The summed E-state index contributed by atoms with van der Waals surface area (Å²) < 4.78 is 44.3.